The van der Waals surface area contributed by atoms with Crippen molar-refractivity contribution in [1.29, 1.82) is 0 Å². The number of hydrogen-bond acceptors (Lipinski definition) is 4. The van der Waals surface area contributed by atoms with Crippen LogP contribution in [0.3, 0.4) is 0 Å². The average molecular weight is 339 g/mol. The van der Waals surface area contributed by atoms with Crippen LogP contribution in [0, 0.1) is 5.92 Å². The number of hydrogen-bond donors (Lipinski definition) is 0. The summed E-state index contributed by atoms with van der Waals surface area (Å²) in [5.41, 5.74) is 3.26. The predicted molar refractivity (Wildman–Crippen MR) is 104 cm³/mol. The smallest absolute Gasteiger partial charge is 0.374 e. The molecule has 0 unspecified atom stereocenters. The largest absolute Gasteiger partial charge is 0.400 e. The van der Waals surface area contributed by atoms with Crippen molar-refractivity contribution < 1.29 is 0 Å². The summed E-state index contributed by atoms with van der Waals surface area (Å²) in [6.07, 6.45) is 8.22. The highest BCUT2D eigenvalue weighted by Gasteiger charge is 2.30. The third-order valence-electron chi connectivity index (χ3n) is 4.63. The van der Waals surface area contributed by atoms with Gasteiger partial charge in [-0.05, 0) is 36.4 Å². The summed E-state index contributed by atoms with van der Waals surface area (Å²) in [6, 6.07) is 4.18. The topological polar surface area (TPSA) is 53.0 Å². The Morgan fingerprint density at radius 2 is 1.36 bits per heavy atom. The van der Waals surface area contributed by atoms with Gasteiger partial charge in [0, 0.05) is 18.2 Å². The van der Waals surface area contributed by atoms with E-state index in [2.05, 4.69) is 59.8 Å². The number of rotatable bonds is 6. The van der Waals surface area contributed by atoms with E-state index in [1.165, 1.54) is 0 Å². The van der Waals surface area contributed by atoms with E-state index in [-0.39, 0.29) is 0 Å². The summed E-state index contributed by atoms with van der Waals surface area (Å²) in [5.74, 6) is 1.19. The second kappa shape index (κ2) is 6.90. The number of hydrazone groups is 1. The van der Waals surface area contributed by atoms with Crippen molar-refractivity contribution in [2.75, 3.05) is 0 Å². The van der Waals surface area contributed by atoms with Gasteiger partial charge < -0.3 is 9.19 Å². The standard InChI is InChI=1S/C18H28BN6/c1-13(2)16-7-10-23(20-16)19(24-11-8-17(21-24)14(3)4)25-12-9-18(22-25)15(5)6/h7-15,19H,1-6H3. The highest BCUT2D eigenvalue weighted by molar-refractivity contribution is 6.52. The molecule has 3 heterocycles. The van der Waals surface area contributed by atoms with E-state index in [0.29, 0.717) is 17.8 Å². The number of allylic oxidation sites excluding steroid dienone is 1. The molecule has 2 aromatic heterocycles. The number of aromatic nitrogens is 4. The molecule has 0 atom stereocenters. The minimum Gasteiger partial charge on any atom is -0.400 e. The molecule has 1 radical (unpaired) electrons. The van der Waals surface area contributed by atoms with Crippen LogP contribution in [0.25, 0.3) is 0 Å². The van der Waals surface area contributed by atoms with E-state index in [9.17, 15) is 0 Å². The molecule has 1 aliphatic rings. The van der Waals surface area contributed by atoms with E-state index < -0.39 is 7.12 Å². The van der Waals surface area contributed by atoms with Crippen LogP contribution >= 0.6 is 0 Å². The first-order valence-corrected chi connectivity index (χ1v) is 9.19. The fourth-order valence-corrected chi connectivity index (χ4v) is 2.97. The molecule has 1 aliphatic heterocycles. The fraction of sp³-hybridized carbons (Fsp3) is 0.500. The van der Waals surface area contributed by atoms with Crippen LogP contribution in [-0.4, -0.2) is 37.1 Å². The Kier molecular flexibility index (Phi) is 4.83. The van der Waals surface area contributed by atoms with E-state index >= 15 is 0 Å². The molecule has 3 rings (SSSR count). The SMILES string of the molecule is CC(C)C1=[N+]N([BH-](n2ccc(C(C)C)n2)n2ccc(C(C)C)n2)C=C1. The highest BCUT2D eigenvalue weighted by atomic mass is 15.5. The average Bonchev–Trinajstić information content (AvgIpc) is 3.28. The third kappa shape index (κ3) is 3.55. The first kappa shape index (κ1) is 17.5. The second-order valence-electron chi connectivity index (χ2n) is 7.73. The van der Waals surface area contributed by atoms with E-state index in [1.54, 1.807) is 0 Å². The van der Waals surface area contributed by atoms with Gasteiger partial charge in [0.2, 0.25) is 0 Å². The summed E-state index contributed by atoms with van der Waals surface area (Å²) < 4.78 is 4.03. The summed E-state index contributed by atoms with van der Waals surface area (Å²) in [7, 11) is -1.27. The van der Waals surface area contributed by atoms with Crippen molar-refractivity contribution in [3.63, 3.8) is 0 Å². The third-order valence-corrected chi connectivity index (χ3v) is 4.63. The fourth-order valence-electron chi connectivity index (χ4n) is 2.97. The molecule has 0 aromatic carbocycles. The highest BCUT2D eigenvalue weighted by Crippen LogP contribution is 2.15. The molecule has 0 N–H and O–H groups in total. The molecule has 2 aromatic rings. The lowest BCUT2D eigenvalue weighted by Gasteiger charge is -2.26. The van der Waals surface area contributed by atoms with Gasteiger partial charge >= 0.3 is 7.12 Å². The molecule has 25 heavy (non-hydrogen) atoms. The minimum atomic E-state index is -1.27. The molecule has 0 bridgehead atoms. The van der Waals surface area contributed by atoms with Crippen LogP contribution in [0.4, 0.5) is 0 Å². The lowest BCUT2D eigenvalue weighted by molar-refractivity contribution is 0.511. The van der Waals surface area contributed by atoms with Gasteiger partial charge in [0.25, 0.3) is 5.71 Å². The van der Waals surface area contributed by atoms with Crippen molar-refractivity contribution in [3.05, 3.63) is 48.2 Å². The Balaban J connectivity index is 2.00. The zero-order valence-electron chi connectivity index (χ0n) is 16.1. The molecule has 133 valence electrons. The molecule has 0 fully saturated rings. The van der Waals surface area contributed by atoms with Gasteiger partial charge in [0.05, 0.1) is 11.4 Å². The van der Waals surface area contributed by atoms with E-state index in [4.69, 9.17) is 15.3 Å². The van der Waals surface area contributed by atoms with Gasteiger partial charge in [-0.15, -0.1) is 0 Å². The monoisotopic (exact) mass is 339 g/mol. The molecule has 7 heteroatoms. The summed E-state index contributed by atoms with van der Waals surface area (Å²) >= 11 is 0. The maximum Gasteiger partial charge on any atom is 0.374 e. The Morgan fingerprint density at radius 3 is 1.72 bits per heavy atom. The van der Waals surface area contributed by atoms with E-state index in [0.717, 1.165) is 17.1 Å². The summed E-state index contributed by atoms with van der Waals surface area (Å²) in [5, 5.41) is 14.4. The van der Waals surface area contributed by atoms with Crippen molar-refractivity contribution in [3.8, 4) is 0 Å². The summed E-state index contributed by atoms with van der Waals surface area (Å²) in [4.78, 5) is 2.02. The van der Waals surface area contributed by atoms with Crippen LogP contribution in [0.1, 0.15) is 64.8 Å². The van der Waals surface area contributed by atoms with E-state index in [1.807, 2.05) is 32.7 Å². The molecule has 6 nitrogen and oxygen atoms in total. The first-order chi connectivity index (χ1) is 11.9. The van der Waals surface area contributed by atoms with Gasteiger partial charge in [-0.3, -0.25) is 0 Å². The zero-order valence-corrected chi connectivity index (χ0v) is 16.1. The van der Waals surface area contributed by atoms with Crippen molar-refractivity contribution >= 4 is 12.8 Å². The Bertz CT molecular complexity index is 737. The van der Waals surface area contributed by atoms with Gasteiger partial charge in [-0.2, -0.15) is 0 Å². The maximum absolute atomic E-state index is 4.80. The van der Waals surface area contributed by atoms with Gasteiger partial charge in [-0.25, -0.2) is 15.1 Å². The minimum absolute atomic E-state index is 0.397. The van der Waals surface area contributed by atoms with Gasteiger partial charge in [0.1, 0.15) is 5.10 Å². The predicted octanol–water partition coefficient (Wildman–Crippen LogP) is 2.62. The summed E-state index contributed by atoms with van der Waals surface area (Å²) in [6.45, 7) is 13.0. The zero-order chi connectivity index (χ0) is 18.1. The van der Waals surface area contributed by atoms with Crippen molar-refractivity contribution in [2.24, 2.45) is 5.92 Å². The second-order valence-corrected chi connectivity index (χ2v) is 7.73. The Morgan fingerprint density at radius 1 is 0.840 bits per heavy atom. The molecular weight excluding hydrogens is 311 g/mol. The molecule has 0 spiro atoms. The van der Waals surface area contributed by atoms with Crippen molar-refractivity contribution in [1.82, 2.24) is 29.4 Å². The number of nitrogens with zero attached hydrogens (tertiary/aromatic N) is 6. The van der Waals surface area contributed by atoms with Crippen molar-refractivity contribution in [2.45, 2.75) is 53.4 Å². The first-order valence-electron chi connectivity index (χ1n) is 9.19. The molecule has 0 saturated carbocycles. The molecule has 0 saturated heterocycles. The maximum atomic E-state index is 4.80. The quantitative estimate of drug-likeness (QED) is 0.760. The molecule has 0 aliphatic carbocycles. The van der Waals surface area contributed by atoms with Crippen LogP contribution in [0.15, 0.2) is 36.8 Å². The lowest BCUT2D eigenvalue weighted by Crippen LogP contribution is -2.49. The van der Waals surface area contributed by atoms with Crippen LogP contribution < -0.4 is 5.10 Å². The normalized spacial score (nSPS) is 14.6. The Labute approximate surface area is 150 Å². The van der Waals surface area contributed by atoms with Crippen LogP contribution in [0.2, 0.25) is 0 Å². The molecular formula is C18H28BN6. The van der Waals surface area contributed by atoms with Crippen LogP contribution in [0.5, 0.6) is 0 Å². The van der Waals surface area contributed by atoms with Crippen LogP contribution in [-0.2, 0) is 0 Å². The lowest BCUT2D eigenvalue weighted by atomic mass is 9.94. The Hall–Kier alpha value is -2.31. The van der Waals surface area contributed by atoms with Gasteiger partial charge in [0.15, 0.2) is 0 Å². The van der Waals surface area contributed by atoms with Gasteiger partial charge in [-0.1, -0.05) is 41.5 Å². The molecule has 0 amide bonds.